The maximum Gasteiger partial charge on any atom is 0.362 e. The first-order valence-corrected chi connectivity index (χ1v) is 19.1. The van der Waals surface area contributed by atoms with Gasteiger partial charge in [-0.1, -0.05) is 32.0 Å². The van der Waals surface area contributed by atoms with Gasteiger partial charge in [0.1, 0.15) is 11.8 Å². The molecule has 4 aliphatic heterocycles. The maximum absolute atomic E-state index is 12.9. The molecule has 4 unspecified atom stereocenters. The molecule has 4 aromatic rings. The molecular weight excluding hydrogens is 684 g/mol. The average molecular weight is 738 g/mol. The van der Waals surface area contributed by atoms with E-state index in [1.807, 2.05) is 25.1 Å². The highest BCUT2D eigenvalue weighted by molar-refractivity contribution is 5.72. The smallest absolute Gasteiger partial charge is 0.362 e. The van der Waals surface area contributed by atoms with Crippen LogP contribution in [0.3, 0.4) is 0 Å². The van der Waals surface area contributed by atoms with E-state index in [2.05, 4.69) is 68.4 Å². The minimum absolute atomic E-state index is 0.0738. The highest BCUT2D eigenvalue weighted by atomic mass is 16.6. The van der Waals surface area contributed by atoms with Crippen molar-refractivity contribution < 1.29 is 42.8 Å². The fourth-order valence-electron chi connectivity index (χ4n) is 8.84. The van der Waals surface area contributed by atoms with Crippen molar-refractivity contribution in [3.63, 3.8) is 0 Å². The van der Waals surface area contributed by atoms with E-state index < -0.39 is 12.0 Å². The summed E-state index contributed by atoms with van der Waals surface area (Å²) in [4.78, 5) is 15.3. The lowest BCUT2D eigenvalue weighted by Crippen LogP contribution is -2.60. The Morgan fingerprint density at radius 3 is 2.26 bits per heavy atom. The second-order valence-corrected chi connectivity index (χ2v) is 14.9. The molecule has 0 saturated heterocycles. The summed E-state index contributed by atoms with van der Waals surface area (Å²) in [6.45, 7) is 6.06. The van der Waals surface area contributed by atoms with Gasteiger partial charge in [0, 0.05) is 43.0 Å². The number of aliphatic carboxylic acids is 1. The number of methoxy groups -OCH3 is 3. The first kappa shape index (κ1) is 37.4. The molecule has 286 valence electrons. The normalized spacial score (nSPS) is 21.0. The lowest BCUT2D eigenvalue weighted by Gasteiger charge is -2.49. The third-order valence-corrected chi connectivity index (χ3v) is 11.8. The zero-order chi connectivity index (χ0) is 38.1. The molecule has 0 aliphatic carbocycles. The Morgan fingerprint density at radius 1 is 0.870 bits per heavy atom. The summed E-state index contributed by atoms with van der Waals surface area (Å²) in [6, 6.07) is 19.7. The largest absolute Gasteiger partial charge is 0.493 e. The quantitative estimate of drug-likeness (QED) is 0.170. The first-order valence-electron chi connectivity index (χ1n) is 19.1. The zero-order valence-corrected chi connectivity index (χ0v) is 32.6. The molecule has 54 heavy (non-hydrogen) atoms. The monoisotopic (exact) mass is 737 g/mol. The van der Waals surface area contributed by atoms with Crippen molar-refractivity contribution in [2.24, 2.45) is 0 Å². The molecule has 10 nitrogen and oxygen atoms in total. The van der Waals surface area contributed by atoms with Crippen LogP contribution in [0.4, 0.5) is 0 Å². The summed E-state index contributed by atoms with van der Waals surface area (Å²) >= 11 is 0. The van der Waals surface area contributed by atoms with Crippen LogP contribution in [0.25, 0.3) is 0 Å². The SMILES string of the molecule is CCCOc1c(OC)cc2c3c1Oc1cc4c(cc1OC)CC[N+](C)(C(CC)C(=O)O)C4Cc1ccc(cc1)Oc1cc(ccc1OC)CC3N(C)CC2. The molecule has 0 spiro atoms. The Balaban J connectivity index is 1.50. The van der Waals surface area contributed by atoms with Gasteiger partial charge < -0.3 is 38.0 Å². The van der Waals surface area contributed by atoms with Crippen LogP contribution in [0.2, 0.25) is 0 Å². The van der Waals surface area contributed by atoms with Crippen molar-refractivity contribution in [3.05, 3.63) is 94.0 Å². The highest BCUT2D eigenvalue weighted by Gasteiger charge is 2.47. The van der Waals surface area contributed by atoms with E-state index in [-0.39, 0.29) is 12.1 Å². The molecule has 4 aromatic carbocycles. The Labute approximate surface area is 318 Å². The van der Waals surface area contributed by atoms with Crippen LogP contribution in [0.1, 0.15) is 72.2 Å². The number of nitrogens with zero attached hydrogens (tertiary/aromatic N) is 2. The van der Waals surface area contributed by atoms with E-state index in [0.717, 1.165) is 52.8 Å². The van der Waals surface area contributed by atoms with Crippen molar-refractivity contribution in [2.75, 3.05) is 55.1 Å². The van der Waals surface area contributed by atoms with E-state index >= 15 is 0 Å². The summed E-state index contributed by atoms with van der Waals surface area (Å²) in [5, 5.41) is 10.6. The van der Waals surface area contributed by atoms with Crippen LogP contribution in [0.5, 0.6) is 46.0 Å². The zero-order valence-electron chi connectivity index (χ0n) is 32.6. The number of benzene rings is 4. The molecule has 0 aromatic heterocycles. The van der Waals surface area contributed by atoms with E-state index in [9.17, 15) is 9.90 Å². The second-order valence-electron chi connectivity index (χ2n) is 14.9. The Kier molecular flexibility index (Phi) is 10.7. The van der Waals surface area contributed by atoms with E-state index in [0.29, 0.717) is 89.3 Å². The number of rotatable bonds is 9. The predicted molar refractivity (Wildman–Crippen MR) is 207 cm³/mol. The number of fused-ring (bicyclic) bond motifs is 2. The Morgan fingerprint density at radius 2 is 1.57 bits per heavy atom. The van der Waals surface area contributed by atoms with Crippen LogP contribution in [-0.4, -0.2) is 81.6 Å². The van der Waals surface area contributed by atoms with Crippen molar-refractivity contribution in [2.45, 2.75) is 70.5 Å². The molecule has 4 heterocycles. The molecule has 4 atom stereocenters. The van der Waals surface area contributed by atoms with Gasteiger partial charge >= 0.3 is 5.97 Å². The van der Waals surface area contributed by atoms with Crippen molar-refractivity contribution >= 4 is 5.97 Å². The third-order valence-electron chi connectivity index (χ3n) is 11.8. The van der Waals surface area contributed by atoms with Crippen LogP contribution in [-0.2, 0) is 30.5 Å². The molecule has 0 amide bonds. The molecule has 1 N–H and O–H groups in total. The van der Waals surface area contributed by atoms with Gasteiger partial charge in [-0.25, -0.2) is 4.79 Å². The minimum Gasteiger partial charge on any atom is -0.493 e. The number of likely N-dealkylation sites (N-methyl/N-ethyl adjacent to an activating group) is 2. The van der Waals surface area contributed by atoms with Gasteiger partial charge in [0.2, 0.25) is 5.75 Å². The maximum atomic E-state index is 12.9. The molecule has 10 heteroatoms. The summed E-state index contributed by atoms with van der Waals surface area (Å²) in [5.74, 6) is 4.14. The Hall–Kier alpha value is -4.93. The number of hydrogen-bond acceptors (Lipinski definition) is 8. The van der Waals surface area contributed by atoms with Crippen LogP contribution in [0, 0.1) is 0 Å². The standard InChI is InChI=1S/C44H52N2O8/c1-8-20-52-42-40(51-7)25-30-16-18-45(3)33-21-28-12-15-36(49-5)38(23-28)53-31-13-10-27(11-14-31)22-35-32-26-39(54-43(42)41(30)33)37(50-6)24-29(32)17-19-46(35,4)34(9-2)44(47)48/h10-15,23-26,33-35H,8-9,16-22H2,1-7H3/p+1. The summed E-state index contributed by atoms with van der Waals surface area (Å²) in [5.41, 5.74) is 6.53. The summed E-state index contributed by atoms with van der Waals surface area (Å²) in [7, 11) is 9.24. The van der Waals surface area contributed by atoms with Crippen LogP contribution < -0.4 is 28.4 Å². The van der Waals surface area contributed by atoms with E-state index in [1.54, 1.807) is 21.3 Å². The lowest BCUT2D eigenvalue weighted by molar-refractivity contribution is -0.956. The lowest BCUT2D eigenvalue weighted by atomic mass is 9.84. The van der Waals surface area contributed by atoms with Gasteiger partial charge in [-0.2, -0.15) is 0 Å². The van der Waals surface area contributed by atoms with Crippen molar-refractivity contribution in [1.29, 1.82) is 0 Å². The molecule has 8 rings (SSSR count). The van der Waals surface area contributed by atoms with Gasteiger partial charge in [-0.05, 0) is 91.0 Å². The van der Waals surface area contributed by atoms with Gasteiger partial charge in [0.05, 0.1) is 41.5 Å². The third kappa shape index (κ3) is 6.82. The topological polar surface area (TPSA) is 95.9 Å². The average Bonchev–Trinajstić information content (AvgIpc) is 3.16. The molecule has 4 aliphatic rings. The molecule has 0 fully saturated rings. The van der Waals surface area contributed by atoms with Gasteiger partial charge in [0.15, 0.2) is 40.5 Å². The predicted octanol–water partition coefficient (Wildman–Crippen LogP) is 8.32. The number of hydrogen-bond donors (Lipinski definition) is 1. The first-order chi connectivity index (χ1) is 26.1. The number of carboxylic acid groups (broad SMARTS) is 1. The van der Waals surface area contributed by atoms with Crippen LogP contribution in [0.15, 0.2) is 60.7 Å². The number of quaternary nitrogens is 1. The van der Waals surface area contributed by atoms with Crippen molar-refractivity contribution in [1.82, 2.24) is 4.90 Å². The van der Waals surface area contributed by atoms with E-state index in [1.165, 1.54) is 0 Å². The van der Waals surface area contributed by atoms with Crippen molar-refractivity contribution in [3.8, 4) is 46.0 Å². The Bertz CT molecular complexity index is 2010. The van der Waals surface area contributed by atoms with Gasteiger partial charge in [0.25, 0.3) is 0 Å². The van der Waals surface area contributed by atoms with Gasteiger partial charge in [-0.3, -0.25) is 4.90 Å². The van der Waals surface area contributed by atoms with E-state index in [4.69, 9.17) is 28.4 Å². The number of ether oxygens (including phenoxy) is 6. The fraction of sp³-hybridized carbons (Fsp3) is 0.432. The second kappa shape index (κ2) is 15.4. The number of carboxylic acids is 1. The highest BCUT2D eigenvalue weighted by Crippen LogP contribution is 2.53. The summed E-state index contributed by atoms with van der Waals surface area (Å²) in [6.07, 6.45) is 4.12. The summed E-state index contributed by atoms with van der Waals surface area (Å²) < 4.78 is 38.4. The number of carbonyl (C=O) groups is 1. The molecule has 0 radical (unpaired) electrons. The molecular formula is C44H53N2O8+. The van der Waals surface area contributed by atoms with Gasteiger partial charge in [-0.15, -0.1) is 0 Å². The fourth-order valence-corrected chi connectivity index (χ4v) is 8.84. The van der Waals surface area contributed by atoms with Crippen LogP contribution >= 0.6 is 0 Å². The molecule has 0 saturated carbocycles. The molecule has 6 bridgehead atoms. The minimum atomic E-state index is -0.788.